The number of hydrogen-bond acceptors (Lipinski definition) is 5. The fourth-order valence-electron chi connectivity index (χ4n) is 2.46. The van der Waals surface area contributed by atoms with E-state index in [-0.39, 0.29) is 24.6 Å². The number of carbonyl (C=O) groups is 2. The van der Waals surface area contributed by atoms with Gasteiger partial charge in [0.1, 0.15) is 5.75 Å². The van der Waals surface area contributed by atoms with Crippen LogP contribution >= 0.6 is 0 Å². The Labute approximate surface area is 153 Å². The van der Waals surface area contributed by atoms with Crippen molar-refractivity contribution >= 4 is 21.5 Å². The molecule has 0 aliphatic carbocycles. The van der Waals surface area contributed by atoms with Crippen LogP contribution in [0.4, 0.5) is 0 Å². The summed E-state index contributed by atoms with van der Waals surface area (Å²) in [7, 11) is -3.55. The molecule has 0 fully saturated rings. The molecule has 0 radical (unpaired) electrons. The van der Waals surface area contributed by atoms with Gasteiger partial charge >= 0.3 is 0 Å². The van der Waals surface area contributed by atoms with E-state index in [2.05, 4.69) is 5.32 Å². The summed E-state index contributed by atoms with van der Waals surface area (Å²) in [5.74, 6) is -1.29. The Morgan fingerprint density at radius 2 is 1.50 bits per heavy atom. The van der Waals surface area contributed by atoms with Gasteiger partial charge in [0, 0.05) is 18.7 Å². The van der Waals surface area contributed by atoms with Crippen LogP contribution in [0.3, 0.4) is 0 Å². The zero-order chi connectivity index (χ0) is 19.2. The van der Waals surface area contributed by atoms with Gasteiger partial charge in [-0.2, -0.15) is 0 Å². The molecule has 2 aromatic carbocycles. The van der Waals surface area contributed by atoms with Gasteiger partial charge < -0.3 is 11.1 Å². The summed E-state index contributed by atoms with van der Waals surface area (Å²) < 4.78 is 24.2. The summed E-state index contributed by atoms with van der Waals surface area (Å²) in [6.45, 7) is 2.03. The summed E-state index contributed by atoms with van der Waals surface area (Å²) in [5.41, 5.74) is 8.38. The quantitative estimate of drug-likeness (QED) is 0.682. The Balaban J connectivity index is 2.04. The smallest absolute Gasteiger partial charge is 0.235 e. The number of hydrogen-bond donors (Lipinski definition) is 2. The Bertz CT molecular complexity index is 873. The molecule has 7 heteroatoms. The molecule has 0 aliphatic heterocycles. The molecule has 0 aromatic heterocycles. The van der Waals surface area contributed by atoms with Gasteiger partial charge in [-0.25, -0.2) is 8.42 Å². The zero-order valence-electron chi connectivity index (χ0n) is 14.6. The average Bonchev–Trinajstić information content (AvgIpc) is 2.60. The molecule has 1 amide bonds. The predicted molar refractivity (Wildman–Crippen MR) is 101 cm³/mol. The highest BCUT2D eigenvalue weighted by molar-refractivity contribution is 7.91. The van der Waals surface area contributed by atoms with Crippen molar-refractivity contribution in [2.75, 3.05) is 18.8 Å². The van der Waals surface area contributed by atoms with Gasteiger partial charge in [-0.3, -0.25) is 9.59 Å². The highest BCUT2D eigenvalue weighted by atomic mass is 32.2. The van der Waals surface area contributed by atoms with Crippen molar-refractivity contribution in [3.05, 3.63) is 59.7 Å². The molecular formula is C19H22N2O4S. The van der Waals surface area contributed by atoms with Crippen molar-refractivity contribution in [1.82, 2.24) is 5.32 Å². The summed E-state index contributed by atoms with van der Waals surface area (Å²) in [4.78, 5) is 22.9. The number of rotatable bonds is 8. The lowest BCUT2D eigenvalue weighted by Gasteiger charge is -2.07. The molecule has 138 valence electrons. The predicted octanol–water partition coefficient (Wildman–Crippen LogP) is 1.55. The molecule has 26 heavy (non-hydrogen) atoms. The third kappa shape index (κ3) is 5.79. The first-order valence-corrected chi connectivity index (χ1v) is 10.0. The average molecular weight is 374 g/mol. The van der Waals surface area contributed by atoms with Crippen LogP contribution in [0.15, 0.2) is 48.5 Å². The van der Waals surface area contributed by atoms with Gasteiger partial charge in [-0.15, -0.1) is 0 Å². The van der Waals surface area contributed by atoms with E-state index < -0.39 is 21.5 Å². The molecule has 0 unspecified atom stereocenters. The zero-order valence-corrected chi connectivity index (χ0v) is 15.4. The fraction of sp³-hybridized carbons (Fsp3) is 0.263. The molecule has 2 aromatic rings. The molecule has 3 N–H and O–H groups in total. The monoisotopic (exact) mass is 374 g/mol. The second-order valence-corrected chi connectivity index (χ2v) is 8.07. The standard InChI is InChI=1S/C19H22N2O4S/c1-14(22)16-6-8-18(9-7-16)17-4-2-15(3-5-17)12-26(24,25)13-19(23)21-11-10-20/h2-9H,10-13,20H2,1H3,(H,21,23). The normalized spacial score (nSPS) is 11.2. The largest absolute Gasteiger partial charge is 0.354 e. The molecule has 0 bridgehead atoms. The Morgan fingerprint density at radius 1 is 0.962 bits per heavy atom. The highest BCUT2D eigenvalue weighted by Crippen LogP contribution is 2.21. The van der Waals surface area contributed by atoms with Crippen molar-refractivity contribution in [3.63, 3.8) is 0 Å². The van der Waals surface area contributed by atoms with Crippen molar-refractivity contribution in [2.24, 2.45) is 5.73 Å². The van der Waals surface area contributed by atoms with E-state index in [0.717, 1.165) is 11.1 Å². The third-order valence-electron chi connectivity index (χ3n) is 3.78. The summed E-state index contributed by atoms with van der Waals surface area (Å²) in [6, 6.07) is 14.3. The molecule has 0 saturated carbocycles. The molecule has 0 saturated heterocycles. The van der Waals surface area contributed by atoms with Crippen LogP contribution in [0, 0.1) is 0 Å². The van der Waals surface area contributed by atoms with Crippen molar-refractivity contribution in [2.45, 2.75) is 12.7 Å². The van der Waals surface area contributed by atoms with E-state index in [9.17, 15) is 18.0 Å². The van der Waals surface area contributed by atoms with E-state index in [4.69, 9.17) is 5.73 Å². The third-order valence-corrected chi connectivity index (χ3v) is 5.26. The molecule has 2 rings (SSSR count). The van der Waals surface area contributed by atoms with Crippen LogP contribution in [-0.4, -0.2) is 39.0 Å². The number of sulfone groups is 1. The minimum absolute atomic E-state index is 0.00704. The lowest BCUT2D eigenvalue weighted by molar-refractivity contribution is -0.118. The first-order chi connectivity index (χ1) is 12.3. The summed E-state index contributed by atoms with van der Waals surface area (Å²) in [5, 5.41) is 2.45. The van der Waals surface area contributed by atoms with Crippen LogP contribution in [0.5, 0.6) is 0 Å². The first-order valence-electron chi connectivity index (χ1n) is 8.18. The highest BCUT2D eigenvalue weighted by Gasteiger charge is 2.17. The Kier molecular flexibility index (Phi) is 6.65. The van der Waals surface area contributed by atoms with Gasteiger partial charge in [0.05, 0.1) is 5.75 Å². The van der Waals surface area contributed by atoms with E-state index in [1.54, 1.807) is 24.3 Å². The first kappa shape index (κ1) is 19.8. The number of Topliss-reactive ketones (excluding diaryl/α,β-unsaturated/α-hetero) is 1. The Hall–Kier alpha value is -2.51. The number of carbonyl (C=O) groups excluding carboxylic acids is 2. The van der Waals surface area contributed by atoms with Gasteiger partial charge in [-0.05, 0) is 23.6 Å². The SMILES string of the molecule is CC(=O)c1ccc(-c2ccc(CS(=O)(=O)CC(=O)NCCN)cc2)cc1. The summed E-state index contributed by atoms with van der Waals surface area (Å²) in [6.07, 6.45) is 0. The maximum absolute atomic E-state index is 12.1. The number of nitrogens with two attached hydrogens (primary N) is 1. The van der Waals surface area contributed by atoms with Crippen molar-refractivity contribution in [3.8, 4) is 11.1 Å². The van der Waals surface area contributed by atoms with Crippen LogP contribution in [-0.2, 0) is 20.4 Å². The molecule has 0 spiro atoms. The van der Waals surface area contributed by atoms with E-state index in [0.29, 0.717) is 11.1 Å². The van der Waals surface area contributed by atoms with Gasteiger partial charge in [0.15, 0.2) is 15.6 Å². The minimum Gasteiger partial charge on any atom is -0.354 e. The van der Waals surface area contributed by atoms with Crippen molar-refractivity contribution in [1.29, 1.82) is 0 Å². The van der Waals surface area contributed by atoms with E-state index in [1.807, 2.05) is 24.3 Å². The van der Waals surface area contributed by atoms with Gasteiger partial charge in [-0.1, -0.05) is 48.5 Å². The second-order valence-electron chi connectivity index (χ2n) is 6.00. The van der Waals surface area contributed by atoms with Crippen LogP contribution in [0.2, 0.25) is 0 Å². The minimum atomic E-state index is -3.55. The lowest BCUT2D eigenvalue weighted by atomic mass is 10.0. The number of benzene rings is 2. The van der Waals surface area contributed by atoms with E-state index >= 15 is 0 Å². The molecule has 0 aliphatic rings. The van der Waals surface area contributed by atoms with Gasteiger partial charge in [0.25, 0.3) is 0 Å². The lowest BCUT2D eigenvalue weighted by Crippen LogP contribution is -2.34. The molecular weight excluding hydrogens is 352 g/mol. The maximum Gasteiger partial charge on any atom is 0.235 e. The number of ketones is 1. The molecule has 0 atom stereocenters. The molecule has 0 heterocycles. The second kappa shape index (κ2) is 8.73. The topological polar surface area (TPSA) is 106 Å². The van der Waals surface area contributed by atoms with Crippen LogP contribution in [0.25, 0.3) is 11.1 Å². The number of nitrogens with one attached hydrogen (secondary N) is 1. The van der Waals surface area contributed by atoms with Crippen LogP contribution in [0.1, 0.15) is 22.8 Å². The Morgan fingerprint density at radius 3 is 2.00 bits per heavy atom. The summed E-state index contributed by atoms with van der Waals surface area (Å²) >= 11 is 0. The van der Waals surface area contributed by atoms with Gasteiger partial charge in [0.2, 0.25) is 5.91 Å². The van der Waals surface area contributed by atoms with Crippen LogP contribution < -0.4 is 11.1 Å². The van der Waals surface area contributed by atoms with E-state index in [1.165, 1.54) is 6.92 Å². The molecule has 6 nitrogen and oxygen atoms in total. The van der Waals surface area contributed by atoms with Crippen molar-refractivity contribution < 1.29 is 18.0 Å². The fourth-order valence-corrected chi connectivity index (χ4v) is 3.76. The number of amides is 1. The maximum atomic E-state index is 12.1.